The molecular formula is C20H15FN4O. The van der Waals surface area contributed by atoms with Crippen LogP contribution in [0.3, 0.4) is 0 Å². The van der Waals surface area contributed by atoms with Crippen LogP contribution in [0.1, 0.15) is 16.1 Å². The summed E-state index contributed by atoms with van der Waals surface area (Å²) in [5.74, 6) is -0.110. The third kappa shape index (κ3) is 2.93. The lowest BCUT2D eigenvalue weighted by molar-refractivity contribution is 0.102. The Bertz CT molecular complexity index is 1120. The predicted molar refractivity (Wildman–Crippen MR) is 98.0 cm³/mol. The van der Waals surface area contributed by atoms with Gasteiger partial charge in [0.2, 0.25) is 0 Å². The van der Waals surface area contributed by atoms with Gasteiger partial charge in [-0.25, -0.2) is 9.37 Å². The minimum Gasteiger partial charge on any atom is -0.306 e. The van der Waals surface area contributed by atoms with Crippen LogP contribution in [0.15, 0.2) is 66.7 Å². The van der Waals surface area contributed by atoms with E-state index in [9.17, 15) is 9.18 Å². The van der Waals surface area contributed by atoms with E-state index < -0.39 is 11.7 Å². The van der Waals surface area contributed by atoms with Gasteiger partial charge in [-0.1, -0.05) is 30.3 Å². The van der Waals surface area contributed by atoms with Crippen LogP contribution in [0.5, 0.6) is 0 Å². The first-order chi connectivity index (χ1) is 12.6. The highest BCUT2D eigenvalue weighted by Crippen LogP contribution is 2.20. The maximum Gasteiger partial charge on any atom is 0.259 e. The minimum absolute atomic E-state index is 0.0237. The first kappa shape index (κ1) is 16.0. The fraction of sp³-hybridized carbons (Fsp3) is 0.0500. The molecule has 6 heteroatoms. The number of rotatable bonds is 3. The molecule has 0 saturated heterocycles. The number of hydrogen-bond acceptors (Lipinski definition) is 3. The maximum absolute atomic E-state index is 13.9. The van der Waals surface area contributed by atoms with Gasteiger partial charge in [0.1, 0.15) is 11.6 Å². The SMILES string of the molecule is Cc1cc(NC(=O)c2ccccc2F)n(-c2ccc3ccccc3n2)n1. The highest BCUT2D eigenvalue weighted by atomic mass is 19.1. The van der Waals surface area contributed by atoms with Crippen LogP contribution >= 0.6 is 0 Å². The number of fused-ring (bicyclic) bond motifs is 1. The van der Waals surface area contributed by atoms with Gasteiger partial charge in [0.15, 0.2) is 5.82 Å². The van der Waals surface area contributed by atoms with Crippen molar-refractivity contribution in [3.05, 3.63) is 83.8 Å². The zero-order chi connectivity index (χ0) is 18.1. The van der Waals surface area contributed by atoms with Crippen LogP contribution in [-0.4, -0.2) is 20.7 Å². The largest absolute Gasteiger partial charge is 0.306 e. The van der Waals surface area contributed by atoms with E-state index in [1.165, 1.54) is 12.1 Å². The molecule has 0 aliphatic rings. The van der Waals surface area contributed by atoms with Gasteiger partial charge in [0.25, 0.3) is 5.91 Å². The Morgan fingerprint density at radius 2 is 1.81 bits per heavy atom. The van der Waals surface area contributed by atoms with E-state index in [-0.39, 0.29) is 5.56 Å². The van der Waals surface area contributed by atoms with Crippen LogP contribution in [-0.2, 0) is 0 Å². The molecule has 0 spiro atoms. The molecule has 5 nitrogen and oxygen atoms in total. The average Bonchev–Trinajstić information content (AvgIpc) is 3.01. The maximum atomic E-state index is 13.9. The van der Waals surface area contributed by atoms with E-state index >= 15 is 0 Å². The normalized spacial score (nSPS) is 10.8. The quantitative estimate of drug-likeness (QED) is 0.607. The first-order valence-corrected chi connectivity index (χ1v) is 8.10. The lowest BCUT2D eigenvalue weighted by atomic mass is 10.2. The number of anilines is 1. The van der Waals surface area contributed by atoms with Crippen molar-refractivity contribution in [3.8, 4) is 5.82 Å². The van der Waals surface area contributed by atoms with E-state index in [1.807, 2.05) is 43.3 Å². The number of carbonyl (C=O) groups is 1. The van der Waals surface area contributed by atoms with Crippen molar-refractivity contribution in [3.63, 3.8) is 0 Å². The van der Waals surface area contributed by atoms with Crippen molar-refractivity contribution in [1.29, 1.82) is 0 Å². The Kier molecular flexibility index (Phi) is 3.93. The zero-order valence-electron chi connectivity index (χ0n) is 14.0. The molecule has 0 aliphatic heterocycles. The smallest absolute Gasteiger partial charge is 0.259 e. The van der Waals surface area contributed by atoms with Gasteiger partial charge in [-0.05, 0) is 37.3 Å². The molecule has 4 aromatic rings. The molecule has 2 heterocycles. The van der Waals surface area contributed by atoms with Crippen molar-refractivity contribution in [2.24, 2.45) is 0 Å². The molecule has 0 saturated carbocycles. The Morgan fingerprint density at radius 1 is 1.04 bits per heavy atom. The summed E-state index contributed by atoms with van der Waals surface area (Å²) in [4.78, 5) is 17.0. The standard InChI is InChI=1S/C20H15FN4O/c1-13-12-19(23-20(26)15-7-3-4-8-16(15)21)25(24-13)18-11-10-14-6-2-5-9-17(14)22-18/h2-12H,1H3,(H,23,26). The second kappa shape index (κ2) is 6.40. The molecule has 128 valence electrons. The second-order valence-electron chi connectivity index (χ2n) is 5.88. The van der Waals surface area contributed by atoms with Crippen LogP contribution in [0, 0.1) is 12.7 Å². The Balaban J connectivity index is 1.72. The molecule has 0 atom stereocenters. The molecule has 1 N–H and O–H groups in total. The highest BCUT2D eigenvalue weighted by molar-refractivity contribution is 6.04. The van der Waals surface area contributed by atoms with Crippen LogP contribution in [0.2, 0.25) is 0 Å². The summed E-state index contributed by atoms with van der Waals surface area (Å²) in [5.41, 5.74) is 1.51. The summed E-state index contributed by atoms with van der Waals surface area (Å²) < 4.78 is 15.4. The molecule has 0 fully saturated rings. The van der Waals surface area contributed by atoms with Gasteiger partial charge in [-0.2, -0.15) is 9.78 Å². The Labute approximate surface area is 149 Å². The number of pyridine rings is 1. The van der Waals surface area contributed by atoms with Gasteiger partial charge in [0, 0.05) is 11.5 Å². The summed E-state index contributed by atoms with van der Waals surface area (Å²) in [6, 6.07) is 19.1. The van der Waals surface area contributed by atoms with E-state index in [0.717, 1.165) is 10.9 Å². The summed E-state index contributed by atoms with van der Waals surface area (Å²) in [6.07, 6.45) is 0. The summed E-state index contributed by atoms with van der Waals surface area (Å²) in [5, 5.41) is 8.13. The molecule has 0 radical (unpaired) electrons. The predicted octanol–water partition coefficient (Wildman–Crippen LogP) is 4.12. The average molecular weight is 346 g/mol. The van der Waals surface area contributed by atoms with Gasteiger partial charge in [-0.15, -0.1) is 0 Å². The molecule has 0 bridgehead atoms. The Morgan fingerprint density at radius 3 is 2.65 bits per heavy atom. The van der Waals surface area contributed by atoms with Crippen molar-refractivity contribution < 1.29 is 9.18 Å². The number of nitrogens with one attached hydrogen (secondary N) is 1. The summed E-state index contributed by atoms with van der Waals surface area (Å²) >= 11 is 0. The second-order valence-corrected chi connectivity index (χ2v) is 5.88. The van der Waals surface area contributed by atoms with Crippen molar-refractivity contribution >= 4 is 22.6 Å². The number of aromatic nitrogens is 3. The van der Waals surface area contributed by atoms with Crippen molar-refractivity contribution in [1.82, 2.24) is 14.8 Å². The topological polar surface area (TPSA) is 59.8 Å². The lowest BCUT2D eigenvalue weighted by Gasteiger charge is -2.09. The minimum atomic E-state index is -0.573. The molecule has 1 amide bonds. The molecular weight excluding hydrogens is 331 g/mol. The number of benzene rings is 2. The van der Waals surface area contributed by atoms with Crippen molar-refractivity contribution in [2.45, 2.75) is 6.92 Å². The number of nitrogens with zero attached hydrogens (tertiary/aromatic N) is 3. The third-order valence-electron chi connectivity index (χ3n) is 3.99. The third-order valence-corrected chi connectivity index (χ3v) is 3.99. The fourth-order valence-corrected chi connectivity index (χ4v) is 2.77. The highest BCUT2D eigenvalue weighted by Gasteiger charge is 2.15. The van der Waals surface area contributed by atoms with E-state index in [4.69, 9.17) is 0 Å². The molecule has 0 unspecified atom stereocenters. The number of hydrogen-bond donors (Lipinski definition) is 1. The first-order valence-electron chi connectivity index (χ1n) is 8.10. The van der Waals surface area contributed by atoms with Crippen molar-refractivity contribution in [2.75, 3.05) is 5.32 Å². The molecule has 2 aromatic carbocycles. The molecule has 0 aliphatic carbocycles. The number of halogens is 1. The monoisotopic (exact) mass is 346 g/mol. The summed E-state index contributed by atoms with van der Waals surface area (Å²) in [7, 11) is 0. The van der Waals surface area contributed by atoms with Gasteiger partial charge >= 0.3 is 0 Å². The van der Waals surface area contributed by atoms with E-state index in [2.05, 4.69) is 15.4 Å². The Hall–Kier alpha value is -3.54. The fourth-order valence-electron chi connectivity index (χ4n) is 2.77. The zero-order valence-corrected chi connectivity index (χ0v) is 14.0. The number of aryl methyl sites for hydroxylation is 1. The van der Waals surface area contributed by atoms with Crippen LogP contribution < -0.4 is 5.32 Å². The van der Waals surface area contributed by atoms with Gasteiger partial charge in [0.05, 0.1) is 16.8 Å². The summed E-state index contributed by atoms with van der Waals surface area (Å²) in [6.45, 7) is 1.82. The molecule has 4 rings (SSSR count). The van der Waals surface area contributed by atoms with Gasteiger partial charge in [-0.3, -0.25) is 4.79 Å². The molecule has 26 heavy (non-hydrogen) atoms. The van der Waals surface area contributed by atoms with Crippen LogP contribution in [0.25, 0.3) is 16.7 Å². The molecule has 2 aromatic heterocycles. The lowest BCUT2D eigenvalue weighted by Crippen LogP contribution is -2.16. The van der Waals surface area contributed by atoms with Gasteiger partial charge < -0.3 is 5.32 Å². The number of para-hydroxylation sites is 1. The number of carbonyl (C=O) groups excluding carboxylic acids is 1. The van der Waals surface area contributed by atoms with Crippen LogP contribution in [0.4, 0.5) is 10.2 Å². The van der Waals surface area contributed by atoms with E-state index in [0.29, 0.717) is 17.3 Å². The van der Waals surface area contributed by atoms with E-state index in [1.54, 1.807) is 22.9 Å². The number of amides is 1.